The minimum absolute atomic E-state index is 0.162. The van der Waals surface area contributed by atoms with E-state index in [9.17, 15) is 4.39 Å². The normalized spacial score (nSPS) is 14.9. The van der Waals surface area contributed by atoms with Gasteiger partial charge in [-0.3, -0.25) is 0 Å². The second-order valence-electron chi connectivity index (χ2n) is 7.26. The molecular formula is C22H21ClFN5O. The van der Waals surface area contributed by atoms with E-state index in [2.05, 4.69) is 24.9 Å². The third kappa shape index (κ3) is 3.19. The number of benzene rings is 1. The molecule has 1 N–H and O–H groups in total. The van der Waals surface area contributed by atoms with Crippen molar-refractivity contribution in [1.82, 2.24) is 24.9 Å². The highest BCUT2D eigenvalue weighted by Crippen LogP contribution is 2.52. The van der Waals surface area contributed by atoms with Crippen LogP contribution in [0, 0.1) is 5.82 Å². The van der Waals surface area contributed by atoms with E-state index in [0.29, 0.717) is 23.0 Å². The zero-order chi connectivity index (χ0) is 21.5. The molecule has 30 heavy (non-hydrogen) atoms. The van der Waals surface area contributed by atoms with Crippen molar-refractivity contribution in [3.05, 3.63) is 70.6 Å². The number of halogens is 2. The summed E-state index contributed by atoms with van der Waals surface area (Å²) in [6, 6.07) is 8.48. The van der Waals surface area contributed by atoms with Gasteiger partial charge in [-0.05, 0) is 18.2 Å². The fourth-order valence-electron chi connectivity index (χ4n) is 3.82. The number of nitrogens with zero attached hydrogens (tertiary/aromatic N) is 4. The van der Waals surface area contributed by atoms with E-state index in [4.69, 9.17) is 16.3 Å². The lowest BCUT2D eigenvalue weighted by molar-refractivity contribution is 0.353. The van der Waals surface area contributed by atoms with Gasteiger partial charge in [0.05, 0.1) is 0 Å². The largest absolute Gasteiger partial charge is 0.435 e. The lowest BCUT2D eigenvalue weighted by Crippen LogP contribution is -2.32. The Hall–Kier alpha value is -3.06. The van der Waals surface area contributed by atoms with E-state index >= 15 is 0 Å². The number of H-pyrrole nitrogens is 1. The fourth-order valence-corrected chi connectivity index (χ4v) is 3.96. The molecular weight excluding hydrogens is 405 g/mol. The van der Waals surface area contributed by atoms with Gasteiger partial charge in [-0.2, -0.15) is 0 Å². The van der Waals surface area contributed by atoms with Gasteiger partial charge >= 0.3 is 0 Å². The smallest absolute Gasteiger partial charge is 0.224 e. The molecule has 4 aromatic rings. The molecule has 8 heteroatoms. The summed E-state index contributed by atoms with van der Waals surface area (Å²) in [6.07, 6.45) is 3.21. The average Bonchev–Trinajstić information content (AvgIpc) is 3.19. The summed E-state index contributed by atoms with van der Waals surface area (Å²) in [6.45, 7) is 8.07. The SMILES string of the molecule is CC.CC(C)(c1nc2nccnc2[nH]1)C1c2ccc(Cl)nc2Oc2c(F)cccc21. The highest BCUT2D eigenvalue weighted by molar-refractivity contribution is 6.29. The fraction of sp³-hybridized carbons (Fsp3) is 0.273. The van der Waals surface area contributed by atoms with Crippen LogP contribution in [-0.4, -0.2) is 24.9 Å². The number of aromatic nitrogens is 5. The molecule has 0 amide bonds. The molecule has 1 aliphatic heterocycles. The van der Waals surface area contributed by atoms with E-state index in [1.54, 1.807) is 24.5 Å². The summed E-state index contributed by atoms with van der Waals surface area (Å²) in [5.41, 5.74) is 2.11. The van der Waals surface area contributed by atoms with Crippen LogP contribution >= 0.6 is 11.6 Å². The van der Waals surface area contributed by atoms with Crippen LogP contribution in [0.4, 0.5) is 4.39 Å². The molecule has 1 atom stereocenters. The van der Waals surface area contributed by atoms with Gasteiger partial charge in [-0.15, -0.1) is 0 Å². The summed E-state index contributed by atoms with van der Waals surface area (Å²) in [7, 11) is 0. The lowest BCUT2D eigenvalue weighted by Gasteiger charge is -2.37. The summed E-state index contributed by atoms with van der Waals surface area (Å²) in [4.78, 5) is 20.7. The van der Waals surface area contributed by atoms with Crippen molar-refractivity contribution in [2.45, 2.75) is 39.0 Å². The van der Waals surface area contributed by atoms with Crippen LogP contribution in [0.15, 0.2) is 42.7 Å². The van der Waals surface area contributed by atoms with Gasteiger partial charge in [0, 0.05) is 34.9 Å². The van der Waals surface area contributed by atoms with Gasteiger partial charge in [-0.1, -0.05) is 51.4 Å². The first-order valence-electron chi connectivity index (χ1n) is 9.75. The number of ether oxygens (including phenoxy) is 1. The van der Waals surface area contributed by atoms with Crippen molar-refractivity contribution in [3.8, 4) is 11.6 Å². The number of hydrogen-bond acceptors (Lipinski definition) is 5. The second-order valence-corrected chi connectivity index (χ2v) is 7.64. The van der Waals surface area contributed by atoms with Gasteiger partial charge < -0.3 is 9.72 Å². The average molecular weight is 426 g/mol. The monoisotopic (exact) mass is 425 g/mol. The highest BCUT2D eigenvalue weighted by Gasteiger charge is 2.43. The Labute approximate surface area is 178 Å². The molecule has 1 aliphatic rings. The Bertz CT molecular complexity index is 1190. The molecule has 3 aromatic heterocycles. The maximum absolute atomic E-state index is 14.6. The van der Waals surface area contributed by atoms with E-state index in [-0.39, 0.29) is 16.8 Å². The highest BCUT2D eigenvalue weighted by atomic mass is 35.5. The van der Waals surface area contributed by atoms with Crippen LogP contribution in [-0.2, 0) is 5.41 Å². The standard InChI is InChI=1S/C20H15ClFN5O.C2H6/c1-20(2,19-26-16-17(27-19)24-9-8-23-16)14-10-4-3-5-12(22)15(10)28-18-11(14)6-7-13(21)25-18;1-2/h3-9,14H,1-2H3,(H,23,24,26,27);1-2H3. The molecule has 0 saturated carbocycles. The number of pyridine rings is 1. The number of imidazole rings is 1. The number of hydrogen-bond donors (Lipinski definition) is 1. The summed E-state index contributed by atoms with van der Waals surface area (Å²) < 4.78 is 20.4. The van der Waals surface area contributed by atoms with E-state index < -0.39 is 11.2 Å². The Balaban J connectivity index is 0.00000106. The van der Waals surface area contributed by atoms with Crippen LogP contribution in [0.2, 0.25) is 5.15 Å². The maximum atomic E-state index is 14.6. The van der Waals surface area contributed by atoms with Gasteiger partial charge in [0.15, 0.2) is 22.9 Å². The summed E-state index contributed by atoms with van der Waals surface area (Å²) in [5.74, 6) is 0.438. The minimum Gasteiger partial charge on any atom is -0.435 e. The van der Waals surface area contributed by atoms with Crippen molar-refractivity contribution >= 4 is 22.9 Å². The number of nitrogens with one attached hydrogen (secondary N) is 1. The minimum atomic E-state index is -0.570. The van der Waals surface area contributed by atoms with Crippen LogP contribution in [0.1, 0.15) is 50.6 Å². The number of rotatable bonds is 2. The van der Waals surface area contributed by atoms with E-state index in [1.807, 2.05) is 39.8 Å². The first kappa shape index (κ1) is 20.2. The second kappa shape index (κ2) is 7.65. The number of fused-ring (bicyclic) bond motifs is 3. The molecule has 5 rings (SSSR count). The van der Waals surface area contributed by atoms with E-state index in [0.717, 1.165) is 11.1 Å². The third-order valence-electron chi connectivity index (χ3n) is 5.14. The Morgan fingerprint density at radius 1 is 1.03 bits per heavy atom. The summed E-state index contributed by atoms with van der Waals surface area (Å²) >= 11 is 6.06. The zero-order valence-corrected chi connectivity index (χ0v) is 17.8. The van der Waals surface area contributed by atoms with Crippen molar-refractivity contribution in [2.24, 2.45) is 0 Å². The summed E-state index contributed by atoms with van der Waals surface area (Å²) in [5, 5.41) is 0.284. The predicted molar refractivity (Wildman–Crippen MR) is 114 cm³/mol. The molecule has 1 unspecified atom stereocenters. The van der Waals surface area contributed by atoms with Crippen molar-refractivity contribution < 1.29 is 9.13 Å². The van der Waals surface area contributed by atoms with Crippen LogP contribution in [0.25, 0.3) is 11.3 Å². The first-order valence-corrected chi connectivity index (χ1v) is 10.1. The van der Waals surface area contributed by atoms with Crippen molar-refractivity contribution in [2.75, 3.05) is 0 Å². The zero-order valence-electron chi connectivity index (χ0n) is 17.1. The number of para-hydroxylation sites is 1. The quantitative estimate of drug-likeness (QED) is 0.412. The predicted octanol–water partition coefficient (Wildman–Crippen LogP) is 5.78. The Kier molecular flexibility index (Phi) is 5.15. The van der Waals surface area contributed by atoms with Crippen molar-refractivity contribution in [3.63, 3.8) is 0 Å². The molecule has 0 radical (unpaired) electrons. The molecule has 0 spiro atoms. The van der Waals surface area contributed by atoms with Gasteiger partial charge in [0.2, 0.25) is 5.88 Å². The van der Waals surface area contributed by atoms with Crippen molar-refractivity contribution in [1.29, 1.82) is 0 Å². The third-order valence-corrected chi connectivity index (χ3v) is 5.35. The Morgan fingerprint density at radius 2 is 1.80 bits per heavy atom. The molecule has 4 heterocycles. The van der Waals surface area contributed by atoms with Crippen LogP contribution in [0.5, 0.6) is 11.6 Å². The van der Waals surface area contributed by atoms with Crippen LogP contribution < -0.4 is 4.74 Å². The number of aromatic amines is 1. The van der Waals surface area contributed by atoms with Crippen LogP contribution in [0.3, 0.4) is 0 Å². The Morgan fingerprint density at radius 3 is 2.57 bits per heavy atom. The molecule has 154 valence electrons. The molecule has 0 aliphatic carbocycles. The molecule has 0 fully saturated rings. The van der Waals surface area contributed by atoms with E-state index in [1.165, 1.54) is 6.07 Å². The van der Waals surface area contributed by atoms with Gasteiger partial charge in [0.25, 0.3) is 0 Å². The molecule has 0 saturated heterocycles. The topological polar surface area (TPSA) is 76.6 Å². The molecule has 6 nitrogen and oxygen atoms in total. The maximum Gasteiger partial charge on any atom is 0.224 e. The van der Waals surface area contributed by atoms with Gasteiger partial charge in [0.1, 0.15) is 11.0 Å². The lowest BCUT2D eigenvalue weighted by atomic mass is 9.70. The first-order chi connectivity index (χ1) is 14.4. The van der Waals surface area contributed by atoms with Gasteiger partial charge in [-0.25, -0.2) is 24.3 Å². The molecule has 1 aromatic carbocycles. The molecule has 0 bridgehead atoms.